The summed E-state index contributed by atoms with van der Waals surface area (Å²) in [6.07, 6.45) is 1.14. The molecule has 1 unspecified atom stereocenters. The van der Waals surface area contributed by atoms with E-state index in [1.165, 1.54) is 11.8 Å². The van der Waals surface area contributed by atoms with Crippen LogP contribution >= 0.6 is 23.4 Å². The number of carbonyl (C=O) groups is 2. The van der Waals surface area contributed by atoms with Gasteiger partial charge in [-0.3, -0.25) is 9.59 Å². The maximum atomic E-state index is 12.2. The van der Waals surface area contributed by atoms with Crippen LogP contribution in [-0.4, -0.2) is 22.8 Å². The quantitative estimate of drug-likeness (QED) is 0.576. The zero-order chi connectivity index (χ0) is 19.8. The number of amides is 2. The SMILES string of the molecule is Cc1cccc(C)c1NC(=O)CCCSC(C)C(=O)Nc1ccccc1Cl. The molecule has 0 aliphatic heterocycles. The average Bonchev–Trinajstić information content (AvgIpc) is 2.63. The number of thioether (sulfide) groups is 1. The van der Waals surface area contributed by atoms with E-state index in [1.807, 2.05) is 51.1 Å². The predicted molar refractivity (Wildman–Crippen MR) is 116 cm³/mol. The highest BCUT2D eigenvalue weighted by atomic mass is 35.5. The van der Waals surface area contributed by atoms with Crippen molar-refractivity contribution in [3.05, 3.63) is 58.6 Å². The van der Waals surface area contributed by atoms with Crippen molar-refractivity contribution in [1.29, 1.82) is 0 Å². The third-order valence-corrected chi connectivity index (χ3v) is 5.73. The third kappa shape index (κ3) is 6.60. The molecule has 2 rings (SSSR count). The van der Waals surface area contributed by atoms with Crippen LogP contribution in [0.2, 0.25) is 5.02 Å². The van der Waals surface area contributed by atoms with Gasteiger partial charge in [0.25, 0.3) is 0 Å². The Labute approximate surface area is 170 Å². The first-order valence-electron chi connectivity index (χ1n) is 8.91. The molecule has 1 atom stereocenters. The standard InChI is InChI=1S/C21H25ClN2O2S/c1-14-8-6-9-15(2)20(14)24-19(25)12-7-13-27-16(3)21(26)23-18-11-5-4-10-17(18)22/h4-6,8-11,16H,7,12-13H2,1-3H3,(H,23,26)(H,24,25). The summed E-state index contributed by atoms with van der Waals surface area (Å²) in [6.45, 7) is 5.82. The Kier molecular flexibility index (Phi) is 8.20. The number of aryl methyl sites for hydroxylation is 2. The molecule has 0 spiro atoms. The maximum Gasteiger partial charge on any atom is 0.237 e. The fraction of sp³-hybridized carbons (Fsp3) is 0.333. The van der Waals surface area contributed by atoms with E-state index in [-0.39, 0.29) is 17.1 Å². The smallest absolute Gasteiger partial charge is 0.237 e. The summed E-state index contributed by atoms with van der Waals surface area (Å²) in [5.74, 6) is 0.645. The zero-order valence-electron chi connectivity index (χ0n) is 15.8. The second kappa shape index (κ2) is 10.4. The molecular weight excluding hydrogens is 380 g/mol. The van der Waals surface area contributed by atoms with Gasteiger partial charge in [-0.15, -0.1) is 11.8 Å². The van der Waals surface area contributed by atoms with Crippen LogP contribution in [0, 0.1) is 13.8 Å². The molecule has 0 fully saturated rings. The Morgan fingerprint density at radius 2 is 1.70 bits per heavy atom. The number of para-hydroxylation sites is 2. The lowest BCUT2D eigenvalue weighted by molar-refractivity contribution is -0.116. The van der Waals surface area contributed by atoms with Gasteiger partial charge in [-0.1, -0.05) is 41.9 Å². The van der Waals surface area contributed by atoms with Crippen molar-refractivity contribution in [2.24, 2.45) is 0 Å². The summed E-state index contributed by atoms with van der Waals surface area (Å²) in [6, 6.07) is 13.1. The van der Waals surface area contributed by atoms with Crippen molar-refractivity contribution in [3.63, 3.8) is 0 Å². The summed E-state index contributed by atoms with van der Waals surface area (Å²) in [7, 11) is 0. The number of anilines is 2. The summed E-state index contributed by atoms with van der Waals surface area (Å²) in [5, 5.41) is 6.12. The second-order valence-electron chi connectivity index (χ2n) is 6.40. The molecule has 0 aromatic heterocycles. The molecule has 0 heterocycles. The molecule has 0 aliphatic rings. The van der Waals surface area contributed by atoms with Crippen LogP contribution in [0.3, 0.4) is 0 Å². The van der Waals surface area contributed by atoms with E-state index in [4.69, 9.17) is 11.6 Å². The molecule has 4 nitrogen and oxygen atoms in total. The van der Waals surface area contributed by atoms with Crippen LogP contribution in [0.5, 0.6) is 0 Å². The molecule has 2 aromatic carbocycles. The largest absolute Gasteiger partial charge is 0.326 e. The second-order valence-corrected chi connectivity index (χ2v) is 8.26. The molecule has 0 radical (unpaired) electrons. The van der Waals surface area contributed by atoms with Gasteiger partial charge in [0, 0.05) is 12.1 Å². The van der Waals surface area contributed by atoms with Crippen LogP contribution in [0.1, 0.15) is 30.9 Å². The number of nitrogens with one attached hydrogen (secondary N) is 2. The van der Waals surface area contributed by atoms with Crippen LogP contribution < -0.4 is 10.6 Å². The summed E-state index contributed by atoms with van der Waals surface area (Å²) >= 11 is 7.59. The molecule has 27 heavy (non-hydrogen) atoms. The number of hydrogen-bond donors (Lipinski definition) is 2. The van der Waals surface area contributed by atoms with E-state index < -0.39 is 0 Å². The Morgan fingerprint density at radius 1 is 1.04 bits per heavy atom. The van der Waals surface area contributed by atoms with Crippen molar-refractivity contribution < 1.29 is 9.59 Å². The van der Waals surface area contributed by atoms with Gasteiger partial charge in [0.2, 0.25) is 11.8 Å². The molecule has 0 bridgehead atoms. The Morgan fingerprint density at radius 3 is 2.37 bits per heavy atom. The number of benzene rings is 2. The van der Waals surface area contributed by atoms with Crippen LogP contribution in [0.4, 0.5) is 11.4 Å². The van der Waals surface area contributed by atoms with Gasteiger partial charge < -0.3 is 10.6 Å². The van der Waals surface area contributed by atoms with Gasteiger partial charge >= 0.3 is 0 Å². The van der Waals surface area contributed by atoms with Gasteiger partial charge in [0.05, 0.1) is 16.0 Å². The molecule has 2 N–H and O–H groups in total. The van der Waals surface area contributed by atoms with Crippen molar-refractivity contribution in [1.82, 2.24) is 0 Å². The molecule has 6 heteroatoms. The van der Waals surface area contributed by atoms with Crippen molar-refractivity contribution in [3.8, 4) is 0 Å². The van der Waals surface area contributed by atoms with Gasteiger partial charge in [-0.25, -0.2) is 0 Å². The number of rotatable bonds is 8. The lowest BCUT2D eigenvalue weighted by Crippen LogP contribution is -2.23. The first-order valence-corrected chi connectivity index (χ1v) is 10.3. The van der Waals surface area contributed by atoms with E-state index in [9.17, 15) is 9.59 Å². The van der Waals surface area contributed by atoms with Crippen LogP contribution in [-0.2, 0) is 9.59 Å². The first kappa shape index (κ1) is 21.3. The molecule has 2 aromatic rings. The number of hydrogen-bond acceptors (Lipinski definition) is 3. The predicted octanol–water partition coefficient (Wildman–Crippen LogP) is 5.44. The Bertz CT molecular complexity index is 790. The number of halogens is 1. The minimum absolute atomic E-state index is 0.00109. The maximum absolute atomic E-state index is 12.2. The van der Waals surface area contributed by atoms with Gasteiger partial charge in [-0.2, -0.15) is 0 Å². The molecule has 0 aliphatic carbocycles. The monoisotopic (exact) mass is 404 g/mol. The minimum Gasteiger partial charge on any atom is -0.326 e. The van der Waals surface area contributed by atoms with Crippen molar-refractivity contribution in [2.75, 3.05) is 16.4 Å². The molecule has 0 saturated heterocycles. The lowest BCUT2D eigenvalue weighted by atomic mass is 10.1. The lowest BCUT2D eigenvalue weighted by Gasteiger charge is -2.13. The summed E-state index contributed by atoms with van der Waals surface area (Å²) < 4.78 is 0. The van der Waals surface area contributed by atoms with Crippen LogP contribution in [0.15, 0.2) is 42.5 Å². The first-order chi connectivity index (χ1) is 12.9. The average molecular weight is 405 g/mol. The normalized spacial score (nSPS) is 11.7. The molecule has 144 valence electrons. The highest BCUT2D eigenvalue weighted by Gasteiger charge is 2.15. The van der Waals surface area contributed by atoms with E-state index >= 15 is 0 Å². The fourth-order valence-corrected chi connectivity index (χ4v) is 3.64. The van der Waals surface area contributed by atoms with Crippen molar-refractivity contribution in [2.45, 2.75) is 38.9 Å². The topological polar surface area (TPSA) is 58.2 Å². The van der Waals surface area contributed by atoms with Crippen molar-refractivity contribution >= 4 is 46.6 Å². The molecular formula is C21H25ClN2O2S. The van der Waals surface area contributed by atoms with Gasteiger partial charge in [-0.05, 0) is 56.2 Å². The van der Waals surface area contributed by atoms with Gasteiger partial charge in [0.15, 0.2) is 0 Å². The highest BCUT2D eigenvalue weighted by Crippen LogP contribution is 2.23. The van der Waals surface area contributed by atoms with E-state index in [0.717, 1.165) is 22.6 Å². The minimum atomic E-state index is -0.219. The van der Waals surface area contributed by atoms with Crippen LogP contribution in [0.25, 0.3) is 0 Å². The van der Waals surface area contributed by atoms with E-state index in [0.29, 0.717) is 23.6 Å². The summed E-state index contributed by atoms with van der Waals surface area (Å²) in [5.41, 5.74) is 3.62. The van der Waals surface area contributed by atoms with E-state index in [1.54, 1.807) is 12.1 Å². The summed E-state index contributed by atoms with van der Waals surface area (Å²) in [4.78, 5) is 24.4. The molecule has 0 saturated carbocycles. The van der Waals surface area contributed by atoms with Gasteiger partial charge in [0.1, 0.15) is 0 Å². The highest BCUT2D eigenvalue weighted by molar-refractivity contribution is 8.00. The number of carbonyl (C=O) groups excluding carboxylic acids is 2. The molecule has 2 amide bonds. The Balaban J connectivity index is 1.72. The fourth-order valence-electron chi connectivity index (χ4n) is 2.58. The zero-order valence-corrected chi connectivity index (χ0v) is 17.4. The van der Waals surface area contributed by atoms with E-state index in [2.05, 4.69) is 10.6 Å². The Hall–Kier alpha value is -1.98. The third-order valence-electron chi connectivity index (χ3n) is 4.16.